The predicted molar refractivity (Wildman–Crippen MR) is 122 cm³/mol. The minimum Gasteiger partial charge on any atom is -0.454 e. The van der Waals surface area contributed by atoms with E-state index in [0.29, 0.717) is 48.0 Å². The standard InChI is InChI=1S/C25H28N2O6/c1-16(28)20-11-22-23(33-15-32-22)12-21(20)26-24(29)10-18-4-3-9-27(13-18)25(30)19-7-5-17(6-8-19)14-31-2/h5-8,11-12,18H,3-4,9-10,13-15H2,1-2H3,(H,26,29). The van der Waals surface area contributed by atoms with Crippen LogP contribution in [0.1, 0.15) is 52.5 Å². The number of benzene rings is 2. The van der Waals surface area contributed by atoms with Crippen LogP contribution >= 0.6 is 0 Å². The zero-order valence-electron chi connectivity index (χ0n) is 18.9. The summed E-state index contributed by atoms with van der Waals surface area (Å²) in [4.78, 5) is 39.6. The molecule has 1 fully saturated rings. The first-order valence-electron chi connectivity index (χ1n) is 11.1. The lowest BCUT2D eigenvalue weighted by atomic mass is 9.93. The van der Waals surface area contributed by atoms with E-state index >= 15 is 0 Å². The molecule has 0 radical (unpaired) electrons. The molecule has 8 nitrogen and oxygen atoms in total. The molecule has 0 saturated carbocycles. The van der Waals surface area contributed by atoms with Crippen molar-refractivity contribution in [2.24, 2.45) is 5.92 Å². The summed E-state index contributed by atoms with van der Waals surface area (Å²) < 4.78 is 15.8. The molecule has 0 spiro atoms. The number of rotatable bonds is 7. The van der Waals surface area contributed by atoms with Crippen molar-refractivity contribution in [3.63, 3.8) is 0 Å². The molecule has 2 heterocycles. The van der Waals surface area contributed by atoms with Crippen LogP contribution in [-0.4, -0.2) is 49.5 Å². The third-order valence-corrected chi connectivity index (χ3v) is 5.96. The molecular formula is C25H28N2O6. The van der Waals surface area contributed by atoms with Crippen LogP contribution in [0.25, 0.3) is 0 Å². The van der Waals surface area contributed by atoms with Gasteiger partial charge in [-0.25, -0.2) is 0 Å². The van der Waals surface area contributed by atoms with Gasteiger partial charge in [0, 0.05) is 43.8 Å². The number of likely N-dealkylation sites (tertiary alicyclic amines) is 1. The maximum atomic E-state index is 13.0. The Bertz CT molecular complexity index is 1050. The average molecular weight is 453 g/mol. The van der Waals surface area contributed by atoms with Crippen LogP contribution in [0.3, 0.4) is 0 Å². The molecule has 2 aliphatic rings. The summed E-state index contributed by atoms with van der Waals surface area (Å²) in [6.45, 7) is 3.23. The molecule has 2 aliphatic heterocycles. The van der Waals surface area contributed by atoms with Crippen molar-refractivity contribution in [3.05, 3.63) is 53.1 Å². The molecule has 8 heteroatoms. The molecular weight excluding hydrogens is 424 g/mol. The zero-order chi connectivity index (χ0) is 23.4. The second kappa shape index (κ2) is 10.0. The van der Waals surface area contributed by atoms with Crippen LogP contribution < -0.4 is 14.8 Å². The monoisotopic (exact) mass is 452 g/mol. The summed E-state index contributed by atoms with van der Waals surface area (Å²) in [5.74, 6) is 0.647. The number of amides is 2. The first-order valence-corrected chi connectivity index (χ1v) is 11.1. The Morgan fingerprint density at radius 3 is 2.55 bits per heavy atom. The summed E-state index contributed by atoms with van der Waals surface area (Å²) in [5, 5.41) is 2.85. The van der Waals surface area contributed by atoms with Crippen molar-refractivity contribution < 1.29 is 28.6 Å². The topological polar surface area (TPSA) is 94.2 Å². The molecule has 0 aliphatic carbocycles. The van der Waals surface area contributed by atoms with Crippen molar-refractivity contribution in [3.8, 4) is 11.5 Å². The van der Waals surface area contributed by atoms with E-state index in [4.69, 9.17) is 14.2 Å². The van der Waals surface area contributed by atoms with Gasteiger partial charge >= 0.3 is 0 Å². The molecule has 1 saturated heterocycles. The van der Waals surface area contributed by atoms with E-state index in [9.17, 15) is 14.4 Å². The molecule has 0 aromatic heterocycles. The van der Waals surface area contributed by atoms with Crippen LogP contribution in [0.2, 0.25) is 0 Å². The van der Waals surface area contributed by atoms with Gasteiger partial charge in [-0.2, -0.15) is 0 Å². The summed E-state index contributed by atoms with van der Waals surface area (Å²) in [6, 6.07) is 10.6. The van der Waals surface area contributed by atoms with Gasteiger partial charge in [-0.3, -0.25) is 14.4 Å². The average Bonchev–Trinajstić information content (AvgIpc) is 3.26. The van der Waals surface area contributed by atoms with E-state index in [1.165, 1.54) is 6.92 Å². The van der Waals surface area contributed by atoms with Gasteiger partial charge in [0.15, 0.2) is 17.3 Å². The van der Waals surface area contributed by atoms with Gasteiger partial charge in [-0.15, -0.1) is 0 Å². The number of methoxy groups -OCH3 is 1. The number of carbonyl (C=O) groups is 3. The number of piperidine rings is 1. The molecule has 2 aromatic carbocycles. The molecule has 2 aromatic rings. The smallest absolute Gasteiger partial charge is 0.253 e. The Hall–Kier alpha value is -3.39. The SMILES string of the molecule is COCc1ccc(C(=O)N2CCCC(CC(=O)Nc3cc4c(cc3C(C)=O)OCO4)C2)cc1. The van der Waals surface area contributed by atoms with E-state index in [1.807, 2.05) is 29.2 Å². The number of hydrogen-bond acceptors (Lipinski definition) is 6. The lowest BCUT2D eigenvalue weighted by molar-refractivity contribution is -0.117. The highest BCUT2D eigenvalue weighted by molar-refractivity contribution is 6.04. The van der Waals surface area contributed by atoms with E-state index in [-0.39, 0.29) is 36.7 Å². The minimum absolute atomic E-state index is 0.0290. The Kier molecular flexibility index (Phi) is 6.93. The van der Waals surface area contributed by atoms with Crippen LogP contribution in [0.4, 0.5) is 5.69 Å². The summed E-state index contributed by atoms with van der Waals surface area (Å²) in [6.07, 6.45) is 1.97. The second-order valence-corrected chi connectivity index (χ2v) is 8.45. The van der Waals surface area contributed by atoms with Gasteiger partial charge < -0.3 is 24.4 Å². The fourth-order valence-corrected chi connectivity index (χ4v) is 4.31. The van der Waals surface area contributed by atoms with E-state index in [0.717, 1.165) is 18.4 Å². The van der Waals surface area contributed by atoms with E-state index < -0.39 is 0 Å². The number of ketones is 1. The van der Waals surface area contributed by atoms with Crippen molar-refractivity contribution in [1.29, 1.82) is 0 Å². The Balaban J connectivity index is 1.38. The summed E-state index contributed by atoms with van der Waals surface area (Å²) >= 11 is 0. The number of nitrogens with zero attached hydrogens (tertiary/aromatic N) is 1. The Labute approximate surface area is 192 Å². The van der Waals surface area contributed by atoms with Crippen molar-refractivity contribution in [2.45, 2.75) is 32.8 Å². The van der Waals surface area contributed by atoms with Crippen molar-refractivity contribution in [2.75, 3.05) is 32.3 Å². The van der Waals surface area contributed by atoms with Crippen molar-refractivity contribution >= 4 is 23.3 Å². The first kappa shape index (κ1) is 22.8. The third kappa shape index (κ3) is 5.34. The Morgan fingerprint density at radius 1 is 1.12 bits per heavy atom. The number of anilines is 1. The quantitative estimate of drug-likeness (QED) is 0.645. The number of carbonyl (C=O) groups excluding carboxylic acids is 3. The highest BCUT2D eigenvalue weighted by Crippen LogP contribution is 2.37. The minimum atomic E-state index is -0.195. The van der Waals surface area contributed by atoms with Crippen LogP contribution in [-0.2, 0) is 16.1 Å². The summed E-state index contributed by atoms with van der Waals surface area (Å²) in [7, 11) is 1.64. The highest BCUT2D eigenvalue weighted by Gasteiger charge is 2.27. The Morgan fingerprint density at radius 2 is 1.85 bits per heavy atom. The van der Waals surface area contributed by atoms with Gasteiger partial charge in [0.25, 0.3) is 5.91 Å². The number of ether oxygens (including phenoxy) is 3. The summed E-state index contributed by atoms with van der Waals surface area (Å²) in [5.41, 5.74) is 2.43. The molecule has 4 rings (SSSR count). The van der Waals surface area contributed by atoms with Gasteiger partial charge in [0.05, 0.1) is 12.3 Å². The van der Waals surface area contributed by atoms with Gasteiger partial charge in [0.2, 0.25) is 12.7 Å². The molecule has 1 N–H and O–H groups in total. The zero-order valence-corrected chi connectivity index (χ0v) is 18.9. The lowest BCUT2D eigenvalue weighted by Gasteiger charge is -2.32. The van der Waals surface area contributed by atoms with Gasteiger partial charge in [-0.05, 0) is 49.4 Å². The number of fused-ring (bicyclic) bond motifs is 1. The van der Waals surface area contributed by atoms with Gasteiger partial charge in [-0.1, -0.05) is 12.1 Å². The number of hydrogen-bond donors (Lipinski definition) is 1. The predicted octanol–water partition coefficient (Wildman–Crippen LogP) is 3.65. The van der Waals surface area contributed by atoms with Crippen LogP contribution in [0, 0.1) is 5.92 Å². The first-order chi connectivity index (χ1) is 15.9. The van der Waals surface area contributed by atoms with Crippen LogP contribution in [0.5, 0.6) is 11.5 Å². The lowest BCUT2D eigenvalue weighted by Crippen LogP contribution is -2.40. The van der Waals surface area contributed by atoms with E-state index in [2.05, 4.69) is 5.32 Å². The van der Waals surface area contributed by atoms with Crippen LogP contribution in [0.15, 0.2) is 36.4 Å². The molecule has 1 atom stereocenters. The normalized spacial score (nSPS) is 17.0. The van der Waals surface area contributed by atoms with E-state index in [1.54, 1.807) is 19.2 Å². The molecule has 33 heavy (non-hydrogen) atoms. The molecule has 174 valence electrons. The number of Topliss-reactive ketones (excluding diaryl/α,β-unsaturated/α-hetero) is 1. The van der Waals surface area contributed by atoms with Gasteiger partial charge in [0.1, 0.15) is 0 Å². The third-order valence-electron chi connectivity index (χ3n) is 5.96. The molecule has 1 unspecified atom stereocenters. The largest absolute Gasteiger partial charge is 0.454 e. The molecule has 0 bridgehead atoms. The highest BCUT2D eigenvalue weighted by atomic mass is 16.7. The maximum Gasteiger partial charge on any atom is 0.253 e. The van der Waals surface area contributed by atoms with Crippen molar-refractivity contribution in [1.82, 2.24) is 4.90 Å². The maximum absolute atomic E-state index is 13.0. The second-order valence-electron chi connectivity index (χ2n) is 8.45. The number of nitrogens with one attached hydrogen (secondary N) is 1. The molecule has 2 amide bonds. The fourth-order valence-electron chi connectivity index (χ4n) is 4.31. The fraction of sp³-hybridized carbons (Fsp3) is 0.400.